The van der Waals surface area contributed by atoms with E-state index in [0.717, 1.165) is 11.8 Å². The number of fused-ring (bicyclic) bond motifs is 1. The van der Waals surface area contributed by atoms with Gasteiger partial charge in [-0.2, -0.15) is 0 Å². The van der Waals surface area contributed by atoms with Crippen molar-refractivity contribution in [3.63, 3.8) is 0 Å². The fourth-order valence-electron chi connectivity index (χ4n) is 3.60. The van der Waals surface area contributed by atoms with Gasteiger partial charge in [-0.1, -0.05) is 53.5 Å². The molecular weight excluding hydrogens is 457 g/mol. The first-order valence-electron chi connectivity index (χ1n) is 8.49. The normalized spacial score (nSPS) is 18.9. The van der Waals surface area contributed by atoms with E-state index in [1.807, 2.05) is 30.3 Å². The lowest BCUT2D eigenvalue weighted by atomic mass is 9.92. The average Bonchev–Trinajstić information content (AvgIpc) is 3.14. The minimum atomic E-state index is -4.15. The minimum Gasteiger partial charge on any atom is -0.284 e. The van der Waals surface area contributed by atoms with E-state index >= 15 is 0 Å². The molecule has 0 aliphatic carbocycles. The van der Waals surface area contributed by atoms with Crippen LogP contribution < -0.4 is 4.90 Å². The number of imidazole rings is 1. The summed E-state index contributed by atoms with van der Waals surface area (Å²) in [7, 11) is 1.49. The fraction of sp³-hybridized carbons (Fsp3) is 0.158. The van der Waals surface area contributed by atoms with Crippen LogP contribution in [-0.2, 0) is 25.8 Å². The van der Waals surface area contributed by atoms with Crippen LogP contribution in [0.15, 0.2) is 59.8 Å². The number of hydrogen-bond donors (Lipinski definition) is 0. The summed E-state index contributed by atoms with van der Waals surface area (Å²) >= 11 is 12.2. The lowest BCUT2D eigenvalue weighted by Crippen LogP contribution is -2.41. The minimum absolute atomic E-state index is 0.131. The van der Waals surface area contributed by atoms with Crippen LogP contribution in [0.1, 0.15) is 12.5 Å². The molecule has 1 atom stereocenters. The van der Waals surface area contributed by atoms with Crippen LogP contribution in [0.4, 0.5) is 11.6 Å². The Labute approximate surface area is 182 Å². The predicted molar refractivity (Wildman–Crippen MR) is 113 cm³/mol. The summed E-state index contributed by atoms with van der Waals surface area (Å²) in [5.41, 5.74) is -0.0409. The average molecular weight is 471 g/mol. The summed E-state index contributed by atoms with van der Waals surface area (Å²) < 4.78 is 25.7. The number of benzene rings is 2. The zero-order chi connectivity index (χ0) is 21.0. The molecule has 6 nitrogen and oxygen atoms in total. The molecule has 3 aromatic rings. The van der Waals surface area contributed by atoms with E-state index in [9.17, 15) is 13.2 Å². The molecule has 0 radical (unpaired) electrons. The standard InChI is InChI=1S/C19H14Cl3N3O3S/c1-19(10-12-5-3-2-4-6-12)17(26)24(15-8-13(20)7-14(21)9-15)18-23-11-16(25(18)19)29(22,27)28/h2-9,11H,10H2,1H3. The van der Waals surface area contributed by atoms with Gasteiger partial charge >= 0.3 is 0 Å². The molecule has 1 aliphatic rings. The fourth-order valence-corrected chi connectivity index (χ4v) is 5.12. The topological polar surface area (TPSA) is 72.3 Å². The second kappa shape index (κ2) is 7.02. The highest BCUT2D eigenvalue weighted by molar-refractivity contribution is 8.13. The Morgan fingerprint density at radius 1 is 1.07 bits per heavy atom. The highest BCUT2D eigenvalue weighted by atomic mass is 35.7. The maximum Gasteiger partial charge on any atom is 0.278 e. The molecule has 0 bridgehead atoms. The molecule has 0 saturated heterocycles. The molecule has 4 rings (SSSR count). The van der Waals surface area contributed by atoms with Crippen LogP contribution in [0.3, 0.4) is 0 Å². The Morgan fingerprint density at radius 3 is 2.28 bits per heavy atom. The Morgan fingerprint density at radius 2 is 1.69 bits per heavy atom. The third-order valence-corrected chi connectivity index (χ3v) is 6.51. The molecule has 10 heteroatoms. The maximum absolute atomic E-state index is 13.6. The molecule has 0 N–H and O–H groups in total. The van der Waals surface area contributed by atoms with Crippen molar-refractivity contribution < 1.29 is 13.2 Å². The third-order valence-electron chi connectivity index (χ3n) is 4.81. The van der Waals surface area contributed by atoms with Gasteiger partial charge in [0.25, 0.3) is 15.0 Å². The smallest absolute Gasteiger partial charge is 0.278 e. The number of hydrogen-bond acceptors (Lipinski definition) is 4. The van der Waals surface area contributed by atoms with Crippen molar-refractivity contribution in [2.45, 2.75) is 23.9 Å². The molecule has 0 spiro atoms. The molecule has 1 amide bonds. The van der Waals surface area contributed by atoms with Crippen LogP contribution in [0.25, 0.3) is 0 Å². The van der Waals surface area contributed by atoms with Gasteiger partial charge in [0.15, 0.2) is 5.03 Å². The predicted octanol–water partition coefficient (Wildman–Crippen LogP) is 4.75. The van der Waals surface area contributed by atoms with Gasteiger partial charge in [0.1, 0.15) is 5.54 Å². The maximum atomic E-state index is 13.6. The Kier molecular flexibility index (Phi) is 4.90. The third kappa shape index (κ3) is 3.42. The highest BCUT2D eigenvalue weighted by Crippen LogP contribution is 2.44. The number of nitrogens with zero attached hydrogens (tertiary/aromatic N) is 3. The molecule has 29 heavy (non-hydrogen) atoms. The van der Waals surface area contributed by atoms with Gasteiger partial charge in [-0.3, -0.25) is 9.36 Å². The van der Waals surface area contributed by atoms with Crippen molar-refractivity contribution in [2.24, 2.45) is 0 Å². The first kappa shape index (κ1) is 20.2. The van der Waals surface area contributed by atoms with Gasteiger partial charge < -0.3 is 0 Å². The number of aromatic nitrogens is 2. The van der Waals surface area contributed by atoms with Gasteiger partial charge in [0.05, 0.1) is 11.9 Å². The van der Waals surface area contributed by atoms with E-state index in [2.05, 4.69) is 4.98 Å². The number of carbonyl (C=O) groups is 1. The van der Waals surface area contributed by atoms with Gasteiger partial charge in [-0.25, -0.2) is 18.3 Å². The first-order valence-corrected chi connectivity index (χ1v) is 11.6. The van der Waals surface area contributed by atoms with Crippen LogP contribution >= 0.6 is 33.9 Å². The van der Waals surface area contributed by atoms with Crippen LogP contribution in [0, 0.1) is 0 Å². The molecule has 1 unspecified atom stereocenters. The van der Waals surface area contributed by atoms with E-state index in [4.69, 9.17) is 33.9 Å². The SMILES string of the molecule is CC1(Cc2ccccc2)C(=O)N(c2cc(Cl)cc(Cl)c2)c2ncc(S(=O)(=O)Cl)n21. The zero-order valence-corrected chi connectivity index (χ0v) is 18.1. The monoisotopic (exact) mass is 469 g/mol. The van der Waals surface area contributed by atoms with E-state index in [1.165, 1.54) is 15.5 Å². The number of halogens is 3. The Balaban J connectivity index is 1.95. The van der Waals surface area contributed by atoms with E-state index in [0.29, 0.717) is 15.7 Å². The van der Waals surface area contributed by atoms with Crippen molar-refractivity contribution in [1.29, 1.82) is 0 Å². The molecule has 2 aromatic carbocycles. The number of anilines is 2. The van der Waals surface area contributed by atoms with Gasteiger partial charge in [-0.15, -0.1) is 0 Å². The Hall–Kier alpha value is -2.06. The molecule has 0 saturated carbocycles. The van der Waals surface area contributed by atoms with Crippen LogP contribution in [0.2, 0.25) is 10.0 Å². The van der Waals surface area contributed by atoms with Gasteiger partial charge in [0, 0.05) is 27.1 Å². The summed E-state index contributed by atoms with van der Waals surface area (Å²) in [6.07, 6.45) is 1.38. The molecule has 2 heterocycles. The molecule has 1 aromatic heterocycles. The molecule has 0 fully saturated rings. The number of carbonyl (C=O) groups excluding carboxylic acids is 1. The van der Waals surface area contributed by atoms with E-state index in [-0.39, 0.29) is 23.3 Å². The lowest BCUT2D eigenvalue weighted by molar-refractivity contribution is -0.124. The van der Waals surface area contributed by atoms with Crippen LogP contribution in [0.5, 0.6) is 0 Å². The van der Waals surface area contributed by atoms with Crippen molar-refractivity contribution >= 4 is 60.5 Å². The van der Waals surface area contributed by atoms with E-state index in [1.54, 1.807) is 19.1 Å². The summed E-state index contributed by atoms with van der Waals surface area (Å²) in [6.45, 7) is 1.66. The Bertz CT molecular complexity index is 1210. The van der Waals surface area contributed by atoms with Crippen molar-refractivity contribution in [3.05, 3.63) is 70.3 Å². The zero-order valence-electron chi connectivity index (χ0n) is 15.0. The second-order valence-electron chi connectivity index (χ2n) is 6.87. The first-order chi connectivity index (χ1) is 13.6. The van der Waals surface area contributed by atoms with Crippen molar-refractivity contribution in [3.8, 4) is 0 Å². The number of rotatable bonds is 4. The largest absolute Gasteiger partial charge is 0.284 e. The molecule has 1 aliphatic heterocycles. The molecule has 150 valence electrons. The summed E-state index contributed by atoms with van der Waals surface area (Å²) in [4.78, 5) is 19.1. The van der Waals surface area contributed by atoms with Gasteiger partial charge in [-0.05, 0) is 30.7 Å². The van der Waals surface area contributed by atoms with Crippen molar-refractivity contribution in [1.82, 2.24) is 9.55 Å². The number of amides is 1. The summed E-state index contributed by atoms with van der Waals surface area (Å²) in [5, 5.41) is 0.414. The highest BCUT2D eigenvalue weighted by Gasteiger charge is 2.51. The summed E-state index contributed by atoms with van der Waals surface area (Å²) in [5.74, 6) is -0.240. The van der Waals surface area contributed by atoms with Gasteiger partial charge in [0.2, 0.25) is 5.95 Å². The molecular formula is C19H14Cl3N3O3S. The summed E-state index contributed by atoms with van der Waals surface area (Å²) in [6, 6.07) is 13.9. The van der Waals surface area contributed by atoms with Crippen LogP contribution in [-0.4, -0.2) is 23.9 Å². The lowest BCUT2D eigenvalue weighted by Gasteiger charge is -2.26. The quantitative estimate of drug-likeness (QED) is 0.516. The van der Waals surface area contributed by atoms with Crippen molar-refractivity contribution in [2.75, 3.05) is 4.90 Å². The second-order valence-corrected chi connectivity index (χ2v) is 10.3. The van der Waals surface area contributed by atoms with E-state index < -0.39 is 14.6 Å².